The minimum atomic E-state index is -0.513. The van der Waals surface area contributed by atoms with Gasteiger partial charge in [0.1, 0.15) is 23.4 Å². The van der Waals surface area contributed by atoms with E-state index in [4.69, 9.17) is 23.5 Å². The molecule has 0 spiro atoms. The number of methoxy groups -OCH3 is 1. The first kappa shape index (κ1) is 22.7. The van der Waals surface area contributed by atoms with Crippen LogP contribution in [0.4, 0.5) is 4.39 Å². The largest absolute Gasteiger partial charge is 0.495 e. The molecule has 1 fully saturated rings. The molecule has 0 amide bonds. The summed E-state index contributed by atoms with van der Waals surface area (Å²) in [6.45, 7) is 9.46. The molecule has 0 N–H and O–H groups in total. The van der Waals surface area contributed by atoms with Crippen LogP contribution in [-0.4, -0.2) is 38.6 Å². The molecule has 33 heavy (non-hydrogen) atoms. The van der Waals surface area contributed by atoms with Gasteiger partial charge in [0.25, 0.3) is 0 Å². The van der Waals surface area contributed by atoms with Crippen molar-refractivity contribution in [3.63, 3.8) is 0 Å². The Hall–Kier alpha value is -2.09. The molecule has 2 aliphatic heterocycles. The van der Waals surface area contributed by atoms with Gasteiger partial charge < -0.3 is 23.5 Å². The summed E-state index contributed by atoms with van der Waals surface area (Å²) in [6.07, 6.45) is 1.99. The van der Waals surface area contributed by atoms with Crippen LogP contribution in [0.25, 0.3) is 0 Å². The highest BCUT2D eigenvalue weighted by Gasteiger charge is 2.52. The molecule has 176 valence electrons. The second-order valence-corrected chi connectivity index (χ2v) is 10.3. The molecule has 2 atom stereocenters. The number of ether oxygens (including phenoxy) is 3. The van der Waals surface area contributed by atoms with Gasteiger partial charge in [-0.25, -0.2) is 4.39 Å². The van der Waals surface area contributed by atoms with Gasteiger partial charge in [-0.05, 0) is 70.1 Å². The van der Waals surface area contributed by atoms with Gasteiger partial charge in [0.05, 0.1) is 17.8 Å². The maximum atomic E-state index is 15.0. The number of hydrogen-bond acceptors (Lipinski definition) is 5. The lowest BCUT2D eigenvalue weighted by Crippen LogP contribution is -2.41. The lowest BCUT2D eigenvalue weighted by Gasteiger charge is -2.32. The topological polar surface area (TPSA) is 46.2 Å². The number of benzene rings is 2. The fourth-order valence-corrected chi connectivity index (χ4v) is 5.00. The molecule has 0 radical (unpaired) electrons. The molecule has 1 aliphatic carbocycles. The van der Waals surface area contributed by atoms with Gasteiger partial charge in [-0.3, -0.25) is 0 Å². The van der Waals surface area contributed by atoms with E-state index in [1.54, 1.807) is 13.2 Å². The third-order valence-corrected chi connectivity index (χ3v) is 7.64. The fraction of sp³-hybridized carbons (Fsp3) is 0.538. The lowest BCUT2D eigenvalue weighted by atomic mass is 9.75. The quantitative estimate of drug-likeness (QED) is 0.592. The average Bonchev–Trinajstić information content (AvgIpc) is 3.41. The summed E-state index contributed by atoms with van der Waals surface area (Å²) in [5.74, 6) is 1.63. The fourth-order valence-electron chi connectivity index (χ4n) is 5.00. The minimum Gasteiger partial charge on any atom is -0.493 e. The molecule has 2 unspecified atom stereocenters. The van der Waals surface area contributed by atoms with E-state index in [2.05, 4.69) is 6.07 Å². The third kappa shape index (κ3) is 3.94. The summed E-state index contributed by atoms with van der Waals surface area (Å²) in [6, 6.07) is 9.25. The van der Waals surface area contributed by atoms with Crippen LogP contribution in [0.15, 0.2) is 30.3 Å². The van der Waals surface area contributed by atoms with E-state index in [9.17, 15) is 0 Å². The third-order valence-electron chi connectivity index (χ3n) is 7.64. The van der Waals surface area contributed by atoms with Gasteiger partial charge in [0, 0.05) is 36.8 Å². The minimum absolute atomic E-state index is 0.246. The van der Waals surface area contributed by atoms with Crippen LogP contribution >= 0.6 is 0 Å². The Morgan fingerprint density at radius 2 is 1.85 bits per heavy atom. The molecule has 0 aromatic heterocycles. The molecule has 5 rings (SSSR count). The Labute approximate surface area is 195 Å². The summed E-state index contributed by atoms with van der Waals surface area (Å²) in [7, 11) is 1.20. The molecular formula is C26H32BFO5. The lowest BCUT2D eigenvalue weighted by molar-refractivity contribution is 0.00578. The molecule has 5 nitrogen and oxygen atoms in total. The molecule has 3 aliphatic rings. The van der Waals surface area contributed by atoms with Gasteiger partial charge in [0.2, 0.25) is 0 Å². The average molecular weight is 454 g/mol. The highest BCUT2D eigenvalue weighted by molar-refractivity contribution is 6.62. The molecule has 0 bridgehead atoms. The monoisotopic (exact) mass is 454 g/mol. The van der Waals surface area contributed by atoms with Crippen LogP contribution in [0.3, 0.4) is 0 Å². The summed E-state index contributed by atoms with van der Waals surface area (Å²) < 4.78 is 44.9. The first-order valence-electron chi connectivity index (χ1n) is 11.8. The van der Waals surface area contributed by atoms with Crippen molar-refractivity contribution in [3.8, 4) is 11.5 Å². The SMILES string of the molecule is COCCC1COc2cc(OC3CCc4c(B5OC(C)(C)C(C)(C)O5)ccc(F)c43)ccc21. The Kier molecular flexibility index (Phi) is 5.70. The number of halogens is 1. The van der Waals surface area contributed by atoms with Gasteiger partial charge in [0.15, 0.2) is 0 Å². The highest BCUT2D eigenvalue weighted by atomic mass is 19.1. The molecule has 7 heteroatoms. The van der Waals surface area contributed by atoms with E-state index in [1.165, 1.54) is 11.6 Å². The van der Waals surface area contributed by atoms with Crippen molar-refractivity contribution in [2.45, 2.75) is 70.2 Å². The van der Waals surface area contributed by atoms with Crippen molar-refractivity contribution in [2.75, 3.05) is 20.3 Å². The van der Waals surface area contributed by atoms with E-state index in [-0.39, 0.29) is 11.9 Å². The van der Waals surface area contributed by atoms with Gasteiger partial charge in [-0.15, -0.1) is 0 Å². The Balaban J connectivity index is 1.37. The molecule has 0 saturated carbocycles. The molecule has 2 aromatic rings. The normalized spacial score (nSPS) is 24.5. The number of fused-ring (bicyclic) bond motifs is 2. The molecule has 2 aromatic carbocycles. The van der Waals surface area contributed by atoms with E-state index < -0.39 is 18.3 Å². The summed E-state index contributed by atoms with van der Waals surface area (Å²) >= 11 is 0. The second-order valence-electron chi connectivity index (χ2n) is 10.3. The Bertz CT molecular complexity index is 1040. The second kappa shape index (κ2) is 8.29. The number of hydrogen-bond donors (Lipinski definition) is 0. The van der Waals surface area contributed by atoms with E-state index in [1.807, 2.05) is 39.8 Å². The molecule has 1 saturated heterocycles. The van der Waals surface area contributed by atoms with E-state index in [0.29, 0.717) is 36.9 Å². The van der Waals surface area contributed by atoms with Crippen LogP contribution in [0.1, 0.15) is 69.2 Å². The molecular weight excluding hydrogens is 422 g/mol. The van der Waals surface area contributed by atoms with Crippen molar-refractivity contribution in [1.29, 1.82) is 0 Å². The van der Waals surface area contributed by atoms with Crippen molar-refractivity contribution in [2.24, 2.45) is 0 Å². The first-order chi connectivity index (χ1) is 15.7. The zero-order valence-corrected chi connectivity index (χ0v) is 20.1. The van der Waals surface area contributed by atoms with Crippen molar-refractivity contribution in [1.82, 2.24) is 0 Å². The van der Waals surface area contributed by atoms with Crippen molar-refractivity contribution >= 4 is 12.6 Å². The standard InChI is InChI=1S/C26H32BFO5/c1-25(2)26(3,4)33-27(32-25)20-9-10-21(28)24-19(20)8-11-22(24)31-17-6-7-18-16(12-13-29-5)15-30-23(18)14-17/h6-7,9-10,14,16,22H,8,11-13,15H2,1-5H3. The van der Waals surface area contributed by atoms with Crippen molar-refractivity contribution in [3.05, 3.63) is 52.8 Å². The summed E-state index contributed by atoms with van der Waals surface area (Å²) in [5, 5.41) is 0. The van der Waals surface area contributed by atoms with E-state index in [0.717, 1.165) is 29.6 Å². The predicted octanol–water partition coefficient (Wildman–Crippen LogP) is 4.70. The maximum absolute atomic E-state index is 15.0. The van der Waals surface area contributed by atoms with Crippen LogP contribution in [0.5, 0.6) is 11.5 Å². The first-order valence-corrected chi connectivity index (χ1v) is 11.8. The Morgan fingerprint density at radius 1 is 1.09 bits per heavy atom. The predicted molar refractivity (Wildman–Crippen MR) is 125 cm³/mol. The van der Waals surface area contributed by atoms with Gasteiger partial charge in [-0.2, -0.15) is 0 Å². The zero-order chi connectivity index (χ0) is 23.4. The summed E-state index contributed by atoms with van der Waals surface area (Å²) in [4.78, 5) is 0. The van der Waals surface area contributed by atoms with Crippen LogP contribution in [0.2, 0.25) is 0 Å². The Morgan fingerprint density at radius 3 is 2.58 bits per heavy atom. The maximum Gasteiger partial charge on any atom is 0.495 e. The highest BCUT2D eigenvalue weighted by Crippen LogP contribution is 2.42. The smallest absolute Gasteiger partial charge is 0.493 e. The van der Waals surface area contributed by atoms with Crippen LogP contribution in [-0.2, 0) is 20.5 Å². The van der Waals surface area contributed by atoms with E-state index >= 15 is 4.39 Å². The summed E-state index contributed by atoms with van der Waals surface area (Å²) in [5.41, 5.74) is 2.74. The van der Waals surface area contributed by atoms with Crippen LogP contribution in [0, 0.1) is 5.82 Å². The van der Waals surface area contributed by atoms with Crippen molar-refractivity contribution < 1.29 is 27.9 Å². The number of rotatable bonds is 6. The molecule has 2 heterocycles. The van der Waals surface area contributed by atoms with Gasteiger partial charge >= 0.3 is 7.12 Å². The zero-order valence-electron chi connectivity index (χ0n) is 20.1. The van der Waals surface area contributed by atoms with Crippen LogP contribution < -0.4 is 14.9 Å². The van der Waals surface area contributed by atoms with Gasteiger partial charge in [-0.1, -0.05) is 12.1 Å².